The smallest absolute Gasteiger partial charge is 0.255 e. The Morgan fingerprint density at radius 3 is 2.56 bits per heavy atom. The van der Waals surface area contributed by atoms with Crippen molar-refractivity contribution in [1.82, 2.24) is 10.2 Å². The highest BCUT2D eigenvalue weighted by molar-refractivity contribution is 5.95. The predicted molar refractivity (Wildman–Crippen MR) is 66.2 cm³/mol. The summed E-state index contributed by atoms with van der Waals surface area (Å²) in [4.78, 5) is 25.0. The van der Waals surface area contributed by atoms with Crippen LogP contribution in [-0.4, -0.2) is 35.8 Å². The molecule has 0 atom stereocenters. The average Bonchev–Trinajstić information content (AvgIpc) is 2.76. The highest BCUT2D eigenvalue weighted by Crippen LogP contribution is 2.13. The number of carbonyl (C=O) groups excluding carboxylic acids is 2. The molecule has 1 aromatic rings. The lowest BCUT2D eigenvalue weighted by molar-refractivity contribution is -0.129. The fourth-order valence-corrected chi connectivity index (χ4v) is 2.22. The van der Waals surface area contributed by atoms with Crippen LogP contribution in [0.3, 0.4) is 0 Å². The van der Waals surface area contributed by atoms with E-state index in [9.17, 15) is 9.59 Å². The lowest BCUT2D eigenvalue weighted by Crippen LogP contribution is -2.46. The van der Waals surface area contributed by atoms with E-state index in [0.29, 0.717) is 24.4 Å². The van der Waals surface area contributed by atoms with Crippen LogP contribution in [0.15, 0.2) is 16.7 Å². The van der Waals surface area contributed by atoms with Crippen LogP contribution in [-0.2, 0) is 4.79 Å². The van der Waals surface area contributed by atoms with Gasteiger partial charge in [0.2, 0.25) is 5.91 Å². The average molecular weight is 250 g/mol. The van der Waals surface area contributed by atoms with E-state index in [1.165, 1.54) is 6.26 Å². The number of amides is 2. The van der Waals surface area contributed by atoms with Crippen molar-refractivity contribution in [2.45, 2.75) is 32.7 Å². The number of piperidine rings is 1. The molecule has 1 aromatic heterocycles. The number of nitrogens with one attached hydrogen (secondary N) is 1. The van der Waals surface area contributed by atoms with Crippen LogP contribution in [0.5, 0.6) is 0 Å². The highest BCUT2D eigenvalue weighted by Gasteiger charge is 2.23. The summed E-state index contributed by atoms with van der Waals surface area (Å²) in [7, 11) is 0. The number of furan rings is 1. The maximum atomic E-state index is 12.0. The third-order valence-electron chi connectivity index (χ3n) is 3.38. The Morgan fingerprint density at radius 2 is 2.06 bits per heavy atom. The summed E-state index contributed by atoms with van der Waals surface area (Å²) in [6.07, 6.45) is 3.13. The van der Waals surface area contributed by atoms with Crippen molar-refractivity contribution in [1.29, 1.82) is 0 Å². The molecular formula is C13H18N2O3. The van der Waals surface area contributed by atoms with E-state index >= 15 is 0 Å². The first-order valence-electron chi connectivity index (χ1n) is 6.18. The molecule has 0 unspecified atom stereocenters. The first kappa shape index (κ1) is 12.7. The zero-order chi connectivity index (χ0) is 13.1. The monoisotopic (exact) mass is 250 g/mol. The molecule has 18 heavy (non-hydrogen) atoms. The van der Waals surface area contributed by atoms with Crippen molar-refractivity contribution in [2.24, 2.45) is 0 Å². The van der Waals surface area contributed by atoms with E-state index in [1.54, 1.807) is 19.9 Å². The maximum absolute atomic E-state index is 12.0. The molecule has 1 N–H and O–H groups in total. The van der Waals surface area contributed by atoms with Crippen molar-refractivity contribution < 1.29 is 14.0 Å². The molecular weight excluding hydrogens is 232 g/mol. The van der Waals surface area contributed by atoms with Crippen molar-refractivity contribution in [3.05, 3.63) is 23.7 Å². The summed E-state index contributed by atoms with van der Waals surface area (Å²) in [6.45, 7) is 4.77. The van der Waals surface area contributed by atoms with E-state index in [-0.39, 0.29) is 17.9 Å². The summed E-state index contributed by atoms with van der Waals surface area (Å²) < 4.78 is 5.11. The zero-order valence-corrected chi connectivity index (χ0v) is 10.7. The molecule has 0 radical (unpaired) electrons. The topological polar surface area (TPSA) is 62.6 Å². The molecule has 5 heteroatoms. The van der Waals surface area contributed by atoms with Crippen LogP contribution < -0.4 is 5.32 Å². The molecule has 0 aromatic carbocycles. The lowest BCUT2D eigenvalue weighted by atomic mass is 10.0. The van der Waals surface area contributed by atoms with Gasteiger partial charge in [0.05, 0.1) is 11.8 Å². The SMILES string of the molecule is CC(=O)N1CCC(NC(=O)c2ccoc2C)CC1. The Labute approximate surface area is 106 Å². The van der Waals surface area contributed by atoms with E-state index in [2.05, 4.69) is 5.32 Å². The second-order valence-electron chi connectivity index (χ2n) is 4.64. The van der Waals surface area contributed by atoms with Gasteiger partial charge in [-0.05, 0) is 25.8 Å². The molecule has 1 aliphatic heterocycles. The summed E-state index contributed by atoms with van der Waals surface area (Å²) in [5.41, 5.74) is 0.587. The molecule has 1 fully saturated rings. The van der Waals surface area contributed by atoms with Crippen LogP contribution >= 0.6 is 0 Å². The Kier molecular flexibility index (Phi) is 3.69. The fourth-order valence-electron chi connectivity index (χ4n) is 2.22. The van der Waals surface area contributed by atoms with Crippen molar-refractivity contribution in [3.63, 3.8) is 0 Å². The molecule has 1 saturated heterocycles. The molecule has 0 aliphatic carbocycles. The maximum Gasteiger partial charge on any atom is 0.255 e. The number of likely N-dealkylation sites (tertiary alicyclic amines) is 1. The molecule has 0 saturated carbocycles. The number of carbonyl (C=O) groups is 2. The van der Waals surface area contributed by atoms with E-state index < -0.39 is 0 Å². The first-order chi connectivity index (χ1) is 8.58. The van der Waals surface area contributed by atoms with Crippen LogP contribution in [0, 0.1) is 6.92 Å². The second-order valence-corrected chi connectivity index (χ2v) is 4.64. The van der Waals surface area contributed by atoms with Gasteiger partial charge in [-0.3, -0.25) is 9.59 Å². The lowest BCUT2D eigenvalue weighted by Gasteiger charge is -2.31. The minimum atomic E-state index is -0.0949. The van der Waals surface area contributed by atoms with E-state index in [1.807, 2.05) is 4.90 Å². The number of rotatable bonds is 2. The van der Waals surface area contributed by atoms with Gasteiger partial charge < -0.3 is 14.6 Å². The summed E-state index contributed by atoms with van der Waals surface area (Å²) in [5, 5.41) is 2.98. The molecule has 0 spiro atoms. The van der Waals surface area contributed by atoms with Gasteiger partial charge in [0.25, 0.3) is 5.91 Å². The molecule has 1 aliphatic rings. The van der Waals surface area contributed by atoms with Gasteiger partial charge in [0.1, 0.15) is 5.76 Å². The molecule has 2 rings (SSSR count). The Bertz CT molecular complexity index is 445. The molecule has 98 valence electrons. The van der Waals surface area contributed by atoms with E-state index in [0.717, 1.165) is 12.8 Å². The predicted octanol–water partition coefficient (Wildman–Crippen LogP) is 1.33. The van der Waals surface area contributed by atoms with Crippen LogP contribution in [0.2, 0.25) is 0 Å². The van der Waals surface area contributed by atoms with Crippen molar-refractivity contribution >= 4 is 11.8 Å². The van der Waals surface area contributed by atoms with Gasteiger partial charge >= 0.3 is 0 Å². The van der Waals surface area contributed by atoms with Crippen molar-refractivity contribution in [3.8, 4) is 0 Å². The second kappa shape index (κ2) is 5.25. The summed E-state index contributed by atoms with van der Waals surface area (Å²) in [5.74, 6) is 0.640. The van der Waals surface area contributed by atoms with Crippen LogP contribution in [0.4, 0.5) is 0 Å². The highest BCUT2D eigenvalue weighted by atomic mass is 16.3. The zero-order valence-electron chi connectivity index (χ0n) is 10.7. The van der Waals surface area contributed by atoms with E-state index in [4.69, 9.17) is 4.42 Å². The third-order valence-corrected chi connectivity index (χ3v) is 3.38. The molecule has 5 nitrogen and oxygen atoms in total. The molecule has 0 bridgehead atoms. The van der Waals surface area contributed by atoms with Gasteiger partial charge in [0.15, 0.2) is 0 Å². The minimum absolute atomic E-state index is 0.0949. The van der Waals surface area contributed by atoms with Gasteiger partial charge in [0, 0.05) is 26.1 Å². The standard InChI is InChI=1S/C13H18N2O3/c1-9-12(5-8-18-9)13(17)14-11-3-6-15(7-4-11)10(2)16/h5,8,11H,3-4,6-7H2,1-2H3,(H,14,17). The van der Waals surface area contributed by atoms with Gasteiger partial charge in [-0.1, -0.05) is 0 Å². The number of aryl methyl sites for hydroxylation is 1. The van der Waals surface area contributed by atoms with Crippen LogP contribution in [0.1, 0.15) is 35.9 Å². The Morgan fingerprint density at radius 1 is 1.39 bits per heavy atom. The summed E-state index contributed by atoms with van der Waals surface area (Å²) in [6, 6.07) is 1.82. The Hall–Kier alpha value is -1.78. The third kappa shape index (κ3) is 2.72. The summed E-state index contributed by atoms with van der Waals surface area (Å²) >= 11 is 0. The molecule has 2 heterocycles. The largest absolute Gasteiger partial charge is 0.469 e. The van der Waals surface area contributed by atoms with Gasteiger partial charge in [-0.2, -0.15) is 0 Å². The van der Waals surface area contributed by atoms with Crippen LogP contribution in [0.25, 0.3) is 0 Å². The normalized spacial score (nSPS) is 16.7. The number of nitrogens with zero attached hydrogens (tertiary/aromatic N) is 1. The molecule has 2 amide bonds. The minimum Gasteiger partial charge on any atom is -0.469 e. The van der Waals surface area contributed by atoms with Crippen molar-refractivity contribution in [2.75, 3.05) is 13.1 Å². The number of hydrogen-bond acceptors (Lipinski definition) is 3. The van der Waals surface area contributed by atoms with Gasteiger partial charge in [-0.25, -0.2) is 0 Å². The first-order valence-corrected chi connectivity index (χ1v) is 6.18. The number of hydrogen-bond donors (Lipinski definition) is 1. The Balaban J connectivity index is 1.87. The quantitative estimate of drug-likeness (QED) is 0.861. The van der Waals surface area contributed by atoms with Gasteiger partial charge in [-0.15, -0.1) is 0 Å². The fraction of sp³-hybridized carbons (Fsp3) is 0.538.